The number of nitrogens with zero attached hydrogens (tertiary/aromatic N) is 2. The van der Waals surface area contributed by atoms with Crippen LogP contribution in [0.3, 0.4) is 0 Å². The maximum absolute atomic E-state index is 12.8. The van der Waals surface area contributed by atoms with E-state index in [2.05, 4.69) is 17.2 Å². The molecule has 1 amide bonds. The number of carbonyl (C=O) groups is 1. The predicted octanol–water partition coefficient (Wildman–Crippen LogP) is 3.59. The highest BCUT2D eigenvalue weighted by molar-refractivity contribution is 7.99. The van der Waals surface area contributed by atoms with E-state index in [0.717, 1.165) is 25.7 Å². The van der Waals surface area contributed by atoms with Crippen LogP contribution in [0.2, 0.25) is 0 Å². The van der Waals surface area contributed by atoms with E-state index in [1.54, 1.807) is 4.57 Å². The summed E-state index contributed by atoms with van der Waals surface area (Å²) in [6.07, 6.45) is 4.35. The van der Waals surface area contributed by atoms with E-state index in [4.69, 9.17) is 0 Å². The van der Waals surface area contributed by atoms with Gasteiger partial charge in [-0.3, -0.25) is 14.2 Å². The van der Waals surface area contributed by atoms with Gasteiger partial charge in [-0.05, 0) is 32.4 Å². The minimum atomic E-state index is -0.0417. The molecule has 5 nitrogen and oxygen atoms in total. The quantitative estimate of drug-likeness (QED) is 0.421. The van der Waals surface area contributed by atoms with Crippen LogP contribution >= 0.6 is 11.8 Å². The van der Waals surface area contributed by atoms with Gasteiger partial charge in [0.05, 0.1) is 16.7 Å². The van der Waals surface area contributed by atoms with Crippen LogP contribution < -0.4 is 10.9 Å². The first-order valence-corrected chi connectivity index (χ1v) is 9.93. The summed E-state index contributed by atoms with van der Waals surface area (Å²) >= 11 is 1.33. The molecule has 25 heavy (non-hydrogen) atoms. The smallest absolute Gasteiger partial charge is 0.262 e. The summed E-state index contributed by atoms with van der Waals surface area (Å²) in [5, 5.41) is 4.13. The fraction of sp³-hybridized carbons (Fsp3) is 0.526. The second-order valence-electron chi connectivity index (χ2n) is 6.44. The molecule has 1 heterocycles. The molecule has 1 N–H and O–H groups in total. The third kappa shape index (κ3) is 5.59. The summed E-state index contributed by atoms with van der Waals surface area (Å²) < 4.78 is 1.73. The number of benzene rings is 1. The van der Waals surface area contributed by atoms with Crippen LogP contribution in [0.25, 0.3) is 10.9 Å². The Bertz CT molecular complexity index is 771. The van der Waals surface area contributed by atoms with E-state index >= 15 is 0 Å². The molecule has 2 aromatic rings. The third-order valence-electron chi connectivity index (χ3n) is 3.84. The fourth-order valence-electron chi connectivity index (χ4n) is 2.65. The van der Waals surface area contributed by atoms with Crippen molar-refractivity contribution in [2.75, 3.05) is 5.75 Å². The number of fused-ring (bicyclic) bond motifs is 1. The number of aromatic nitrogens is 2. The van der Waals surface area contributed by atoms with E-state index in [-0.39, 0.29) is 23.3 Å². The molecule has 1 aromatic carbocycles. The molecule has 0 aliphatic carbocycles. The van der Waals surface area contributed by atoms with Crippen LogP contribution in [0, 0.1) is 0 Å². The summed E-state index contributed by atoms with van der Waals surface area (Å²) in [6, 6.07) is 7.49. The Morgan fingerprint density at radius 3 is 2.72 bits per heavy atom. The SMILES string of the molecule is CCCCCCn1c(SCC(=O)NC(C)C)nc2ccccc2c1=O. The molecule has 0 saturated heterocycles. The van der Waals surface area contributed by atoms with Gasteiger partial charge in [-0.2, -0.15) is 0 Å². The second-order valence-corrected chi connectivity index (χ2v) is 7.38. The van der Waals surface area contributed by atoms with E-state index in [0.29, 0.717) is 22.6 Å². The lowest BCUT2D eigenvalue weighted by Gasteiger charge is -2.13. The van der Waals surface area contributed by atoms with Crippen molar-refractivity contribution in [3.05, 3.63) is 34.6 Å². The Hall–Kier alpha value is -1.82. The molecule has 0 radical (unpaired) electrons. The zero-order chi connectivity index (χ0) is 18.2. The summed E-state index contributed by atoms with van der Waals surface area (Å²) in [6.45, 7) is 6.67. The van der Waals surface area contributed by atoms with Gasteiger partial charge in [0.1, 0.15) is 0 Å². The second kappa shape index (κ2) is 9.61. The lowest BCUT2D eigenvalue weighted by molar-refractivity contribution is -0.119. The predicted molar refractivity (Wildman–Crippen MR) is 104 cm³/mol. The number of amides is 1. The van der Waals surface area contributed by atoms with Crippen LogP contribution in [0.5, 0.6) is 0 Å². The van der Waals surface area contributed by atoms with Crippen molar-refractivity contribution in [3.63, 3.8) is 0 Å². The highest BCUT2D eigenvalue weighted by atomic mass is 32.2. The standard InChI is InChI=1S/C19H27N3O2S/c1-4-5-6-9-12-22-18(24)15-10-7-8-11-16(15)21-19(22)25-13-17(23)20-14(2)3/h7-8,10-11,14H,4-6,9,12-13H2,1-3H3,(H,20,23). The molecule has 6 heteroatoms. The molecule has 0 aliphatic heterocycles. The Balaban J connectivity index is 2.25. The van der Waals surface area contributed by atoms with Crippen LogP contribution in [0.1, 0.15) is 46.5 Å². The zero-order valence-corrected chi connectivity index (χ0v) is 16.1. The monoisotopic (exact) mass is 361 g/mol. The van der Waals surface area contributed by atoms with Gasteiger partial charge < -0.3 is 5.32 Å². The van der Waals surface area contributed by atoms with Crippen molar-refractivity contribution >= 4 is 28.6 Å². The Kier molecular flexibility index (Phi) is 7.50. The Morgan fingerprint density at radius 1 is 1.24 bits per heavy atom. The first-order valence-electron chi connectivity index (χ1n) is 8.94. The third-order valence-corrected chi connectivity index (χ3v) is 4.82. The first kappa shape index (κ1) is 19.5. The van der Waals surface area contributed by atoms with Crippen molar-refractivity contribution in [1.29, 1.82) is 0 Å². The average molecular weight is 362 g/mol. The maximum atomic E-state index is 12.8. The number of hydrogen-bond acceptors (Lipinski definition) is 4. The van der Waals surface area contributed by atoms with Crippen LogP contribution in [-0.2, 0) is 11.3 Å². The van der Waals surface area contributed by atoms with Gasteiger partial charge in [0.15, 0.2) is 5.16 Å². The molecule has 0 spiro atoms. The van der Waals surface area contributed by atoms with Crippen molar-refractivity contribution in [3.8, 4) is 0 Å². The zero-order valence-electron chi connectivity index (χ0n) is 15.2. The molecule has 136 valence electrons. The first-order chi connectivity index (χ1) is 12.0. The van der Waals surface area contributed by atoms with Gasteiger partial charge in [0.25, 0.3) is 5.56 Å². The minimum absolute atomic E-state index is 0.0196. The van der Waals surface area contributed by atoms with Crippen molar-refractivity contribution < 1.29 is 4.79 Å². The molecule has 0 aliphatic rings. The summed E-state index contributed by atoms with van der Waals surface area (Å²) in [5.41, 5.74) is 0.665. The Labute approximate surface area is 153 Å². The summed E-state index contributed by atoms with van der Waals surface area (Å²) in [7, 11) is 0. The number of carbonyl (C=O) groups excluding carboxylic acids is 1. The van der Waals surface area contributed by atoms with Gasteiger partial charge in [0, 0.05) is 12.6 Å². The van der Waals surface area contributed by atoms with E-state index in [1.165, 1.54) is 11.8 Å². The van der Waals surface area contributed by atoms with Crippen molar-refractivity contribution in [2.24, 2.45) is 0 Å². The fourth-order valence-corrected chi connectivity index (χ4v) is 3.48. The van der Waals surface area contributed by atoms with Crippen LogP contribution in [0.4, 0.5) is 0 Å². The molecule has 0 atom stereocenters. The van der Waals surface area contributed by atoms with Crippen molar-refractivity contribution in [2.45, 2.75) is 64.2 Å². The number of para-hydroxylation sites is 1. The highest BCUT2D eigenvalue weighted by Crippen LogP contribution is 2.18. The molecule has 0 bridgehead atoms. The van der Waals surface area contributed by atoms with Gasteiger partial charge >= 0.3 is 0 Å². The van der Waals surface area contributed by atoms with Crippen molar-refractivity contribution in [1.82, 2.24) is 14.9 Å². The number of nitrogens with one attached hydrogen (secondary N) is 1. The highest BCUT2D eigenvalue weighted by Gasteiger charge is 2.13. The van der Waals surface area contributed by atoms with Gasteiger partial charge in [-0.1, -0.05) is 50.1 Å². The number of rotatable bonds is 9. The lowest BCUT2D eigenvalue weighted by Crippen LogP contribution is -2.32. The maximum Gasteiger partial charge on any atom is 0.262 e. The van der Waals surface area contributed by atoms with Gasteiger partial charge in [-0.15, -0.1) is 0 Å². The summed E-state index contributed by atoms with van der Waals surface area (Å²) in [4.78, 5) is 29.4. The minimum Gasteiger partial charge on any atom is -0.353 e. The number of unbranched alkanes of at least 4 members (excludes halogenated alkanes) is 3. The number of thioether (sulfide) groups is 1. The van der Waals surface area contributed by atoms with Crippen LogP contribution in [-0.4, -0.2) is 27.3 Å². The molecule has 0 fully saturated rings. The normalized spacial score (nSPS) is 11.2. The molecular weight excluding hydrogens is 334 g/mol. The van der Waals surface area contributed by atoms with E-state index in [9.17, 15) is 9.59 Å². The molecule has 1 aromatic heterocycles. The van der Waals surface area contributed by atoms with E-state index < -0.39 is 0 Å². The summed E-state index contributed by atoms with van der Waals surface area (Å²) in [5.74, 6) is 0.220. The largest absolute Gasteiger partial charge is 0.353 e. The van der Waals surface area contributed by atoms with Gasteiger partial charge in [-0.25, -0.2) is 4.98 Å². The lowest BCUT2D eigenvalue weighted by atomic mass is 10.2. The van der Waals surface area contributed by atoms with E-state index in [1.807, 2.05) is 38.1 Å². The molecule has 0 saturated carbocycles. The molecule has 2 rings (SSSR count). The van der Waals surface area contributed by atoms with Gasteiger partial charge in [0.2, 0.25) is 5.91 Å². The average Bonchev–Trinajstić information content (AvgIpc) is 2.58. The molecule has 0 unspecified atom stereocenters. The number of hydrogen-bond donors (Lipinski definition) is 1. The molecular formula is C19H27N3O2S. The van der Waals surface area contributed by atoms with Crippen LogP contribution in [0.15, 0.2) is 34.2 Å². The topological polar surface area (TPSA) is 64.0 Å². The Morgan fingerprint density at radius 2 is 2.00 bits per heavy atom.